The predicted octanol–water partition coefficient (Wildman–Crippen LogP) is 3.66. The first-order chi connectivity index (χ1) is 11.2. The Labute approximate surface area is 141 Å². The molecule has 4 heteroatoms. The van der Waals surface area contributed by atoms with Gasteiger partial charge in [-0.15, -0.1) is 0 Å². The Hall–Kier alpha value is -2.10. The maximum absolute atomic E-state index is 6.57. The van der Waals surface area contributed by atoms with Crippen LogP contribution in [0.5, 0.6) is 0 Å². The SMILES string of the molecule is Cc1nn(-c2ccccc2)c(Cl)c1C[NH2+][C@@H](C)c1ccccc1. The van der Waals surface area contributed by atoms with Crippen LogP contribution in [0.15, 0.2) is 60.7 Å². The number of hydrogen-bond donors (Lipinski definition) is 1. The molecule has 0 amide bonds. The van der Waals surface area contributed by atoms with Gasteiger partial charge in [0.1, 0.15) is 17.7 Å². The second kappa shape index (κ2) is 6.99. The van der Waals surface area contributed by atoms with Crippen molar-refractivity contribution in [2.45, 2.75) is 26.4 Å². The topological polar surface area (TPSA) is 34.4 Å². The zero-order chi connectivity index (χ0) is 16.2. The van der Waals surface area contributed by atoms with Crippen LogP contribution in [0.25, 0.3) is 5.69 Å². The van der Waals surface area contributed by atoms with Gasteiger partial charge in [0, 0.05) is 5.56 Å². The average Bonchev–Trinajstić information content (AvgIpc) is 2.88. The van der Waals surface area contributed by atoms with Crippen LogP contribution < -0.4 is 5.32 Å². The molecule has 0 bridgehead atoms. The number of quaternary nitrogens is 1. The lowest BCUT2D eigenvalue weighted by Crippen LogP contribution is -2.83. The fourth-order valence-electron chi connectivity index (χ4n) is 2.69. The molecule has 1 aromatic heterocycles. The van der Waals surface area contributed by atoms with Crippen molar-refractivity contribution < 1.29 is 5.32 Å². The van der Waals surface area contributed by atoms with Gasteiger partial charge in [0.15, 0.2) is 0 Å². The molecule has 3 nitrogen and oxygen atoms in total. The van der Waals surface area contributed by atoms with E-state index in [4.69, 9.17) is 11.6 Å². The first kappa shape index (κ1) is 15.8. The number of nitrogens with two attached hydrogens (primary N) is 1. The minimum absolute atomic E-state index is 0.381. The van der Waals surface area contributed by atoms with Crippen molar-refractivity contribution in [2.75, 3.05) is 0 Å². The maximum Gasteiger partial charge on any atom is 0.142 e. The van der Waals surface area contributed by atoms with Crippen molar-refractivity contribution in [2.24, 2.45) is 0 Å². The quantitative estimate of drug-likeness (QED) is 0.763. The molecule has 3 aromatic rings. The third-order valence-corrected chi connectivity index (χ3v) is 4.51. The minimum Gasteiger partial charge on any atom is -0.336 e. The van der Waals surface area contributed by atoms with Gasteiger partial charge < -0.3 is 5.32 Å². The molecule has 118 valence electrons. The monoisotopic (exact) mass is 326 g/mol. The zero-order valence-electron chi connectivity index (χ0n) is 13.4. The van der Waals surface area contributed by atoms with E-state index >= 15 is 0 Å². The van der Waals surface area contributed by atoms with Gasteiger partial charge in [-0.25, -0.2) is 4.68 Å². The lowest BCUT2D eigenvalue weighted by Gasteiger charge is -2.11. The second-order valence-corrected chi connectivity index (χ2v) is 6.10. The van der Waals surface area contributed by atoms with Crippen molar-refractivity contribution in [3.63, 3.8) is 0 Å². The van der Waals surface area contributed by atoms with Crippen LogP contribution in [0.1, 0.15) is 29.8 Å². The molecule has 0 saturated carbocycles. The van der Waals surface area contributed by atoms with Crippen LogP contribution in [0.3, 0.4) is 0 Å². The van der Waals surface area contributed by atoms with Crippen molar-refractivity contribution >= 4 is 11.6 Å². The van der Waals surface area contributed by atoms with E-state index in [1.807, 2.05) is 48.0 Å². The summed E-state index contributed by atoms with van der Waals surface area (Å²) >= 11 is 6.57. The number of nitrogens with zero attached hydrogens (tertiary/aromatic N) is 2. The Kier molecular flexibility index (Phi) is 4.79. The van der Waals surface area contributed by atoms with E-state index in [0.29, 0.717) is 11.2 Å². The molecule has 0 aliphatic heterocycles. The number of aromatic nitrogens is 2. The first-order valence-electron chi connectivity index (χ1n) is 7.84. The van der Waals surface area contributed by atoms with Crippen molar-refractivity contribution in [3.05, 3.63) is 82.6 Å². The smallest absolute Gasteiger partial charge is 0.142 e. The molecule has 1 heterocycles. The van der Waals surface area contributed by atoms with Crippen molar-refractivity contribution in [3.8, 4) is 5.69 Å². The Morgan fingerprint density at radius 1 is 1.04 bits per heavy atom. The van der Waals surface area contributed by atoms with Crippen LogP contribution >= 0.6 is 11.6 Å². The van der Waals surface area contributed by atoms with Crippen LogP contribution in [0, 0.1) is 6.92 Å². The Morgan fingerprint density at radius 3 is 2.30 bits per heavy atom. The number of para-hydroxylation sites is 1. The molecule has 0 fully saturated rings. The van der Waals surface area contributed by atoms with E-state index in [1.165, 1.54) is 5.56 Å². The lowest BCUT2D eigenvalue weighted by molar-refractivity contribution is -0.708. The molecule has 0 unspecified atom stereocenters. The summed E-state index contributed by atoms with van der Waals surface area (Å²) in [4.78, 5) is 0. The standard InChI is InChI=1S/C19H20ClN3/c1-14(16-9-5-3-6-10-16)21-13-18-15(2)22-23(19(18)20)17-11-7-4-8-12-17/h3-12,14,21H,13H2,1-2H3/p+1/t14-/m0/s1. The highest BCUT2D eigenvalue weighted by Crippen LogP contribution is 2.22. The molecular weight excluding hydrogens is 306 g/mol. The van der Waals surface area contributed by atoms with E-state index in [2.05, 4.69) is 41.6 Å². The molecule has 3 rings (SSSR count). The number of aryl methyl sites for hydroxylation is 1. The summed E-state index contributed by atoms with van der Waals surface area (Å²) in [5.74, 6) is 0. The summed E-state index contributed by atoms with van der Waals surface area (Å²) in [5, 5.41) is 7.59. The molecule has 0 aliphatic carbocycles. The third-order valence-electron chi connectivity index (χ3n) is 4.12. The van der Waals surface area contributed by atoms with Crippen LogP contribution in [0.4, 0.5) is 0 Å². The maximum atomic E-state index is 6.57. The van der Waals surface area contributed by atoms with Gasteiger partial charge >= 0.3 is 0 Å². The highest BCUT2D eigenvalue weighted by molar-refractivity contribution is 6.30. The van der Waals surface area contributed by atoms with Gasteiger partial charge in [-0.1, -0.05) is 60.1 Å². The average molecular weight is 327 g/mol. The predicted molar refractivity (Wildman–Crippen MR) is 93.8 cm³/mol. The van der Waals surface area contributed by atoms with Crippen LogP contribution in [-0.4, -0.2) is 9.78 Å². The normalized spacial score (nSPS) is 12.3. The van der Waals surface area contributed by atoms with E-state index < -0.39 is 0 Å². The summed E-state index contributed by atoms with van der Waals surface area (Å²) in [6, 6.07) is 20.9. The minimum atomic E-state index is 0.381. The second-order valence-electron chi connectivity index (χ2n) is 5.74. The van der Waals surface area contributed by atoms with Gasteiger partial charge in [-0.3, -0.25) is 0 Å². The molecule has 2 aromatic carbocycles. The fourth-order valence-corrected chi connectivity index (χ4v) is 3.04. The van der Waals surface area contributed by atoms with Crippen LogP contribution in [-0.2, 0) is 6.54 Å². The van der Waals surface area contributed by atoms with Gasteiger partial charge in [-0.2, -0.15) is 5.10 Å². The highest BCUT2D eigenvalue weighted by atomic mass is 35.5. The molecule has 0 spiro atoms. The molecule has 0 radical (unpaired) electrons. The molecule has 23 heavy (non-hydrogen) atoms. The number of benzene rings is 2. The van der Waals surface area contributed by atoms with Gasteiger partial charge in [0.2, 0.25) is 0 Å². The number of halogens is 1. The van der Waals surface area contributed by atoms with Crippen LogP contribution in [0.2, 0.25) is 5.15 Å². The van der Waals surface area contributed by atoms with E-state index in [9.17, 15) is 0 Å². The highest BCUT2D eigenvalue weighted by Gasteiger charge is 2.17. The summed E-state index contributed by atoms with van der Waals surface area (Å²) < 4.78 is 1.81. The largest absolute Gasteiger partial charge is 0.336 e. The van der Waals surface area contributed by atoms with Gasteiger partial charge in [0.05, 0.1) is 16.9 Å². The van der Waals surface area contributed by atoms with E-state index in [1.54, 1.807) is 0 Å². The van der Waals surface area contributed by atoms with E-state index in [-0.39, 0.29) is 0 Å². The Balaban J connectivity index is 1.78. The van der Waals surface area contributed by atoms with Crippen molar-refractivity contribution in [1.29, 1.82) is 0 Å². The van der Waals surface area contributed by atoms with Crippen molar-refractivity contribution in [1.82, 2.24) is 9.78 Å². The lowest BCUT2D eigenvalue weighted by atomic mass is 10.1. The number of hydrogen-bond acceptors (Lipinski definition) is 1. The summed E-state index contributed by atoms with van der Waals surface area (Å²) in [6.07, 6.45) is 0. The van der Waals surface area contributed by atoms with Gasteiger partial charge in [-0.05, 0) is 26.0 Å². The summed E-state index contributed by atoms with van der Waals surface area (Å²) in [6.45, 7) is 5.04. The Morgan fingerprint density at radius 2 is 1.65 bits per heavy atom. The summed E-state index contributed by atoms with van der Waals surface area (Å²) in [7, 11) is 0. The third kappa shape index (κ3) is 3.46. The molecule has 1 atom stereocenters. The number of rotatable bonds is 5. The first-order valence-corrected chi connectivity index (χ1v) is 8.22. The zero-order valence-corrected chi connectivity index (χ0v) is 14.2. The molecule has 2 N–H and O–H groups in total. The van der Waals surface area contributed by atoms with Gasteiger partial charge in [0.25, 0.3) is 0 Å². The molecular formula is C19H21ClN3+. The van der Waals surface area contributed by atoms with E-state index in [0.717, 1.165) is 23.5 Å². The fraction of sp³-hybridized carbons (Fsp3) is 0.211. The Bertz CT molecular complexity index is 766. The molecule has 0 saturated heterocycles. The molecule has 0 aliphatic rings. The summed E-state index contributed by atoms with van der Waals surface area (Å²) in [5.41, 5.74) is 4.38.